The summed E-state index contributed by atoms with van der Waals surface area (Å²) in [7, 11) is 0. The Morgan fingerprint density at radius 3 is 2.81 bits per heavy atom. The van der Waals surface area contributed by atoms with E-state index in [1.165, 1.54) is 25.7 Å². The standard InChI is InChI=1S/C17H30N4/c1-4-18-16(15-8-13-5-6-14(15)7-13)9-17-19-11-20-21(17)10-12(2)3/h11-16,18H,4-10H2,1-3H3. The van der Waals surface area contributed by atoms with Crippen molar-refractivity contribution in [2.75, 3.05) is 6.54 Å². The SMILES string of the molecule is CCNC(Cc1ncnn1CC(C)C)C1CC2CCC1C2. The molecular formula is C17H30N4. The molecule has 0 amide bonds. The quantitative estimate of drug-likeness (QED) is 0.839. The molecule has 118 valence electrons. The Balaban J connectivity index is 1.69. The maximum absolute atomic E-state index is 4.54. The Morgan fingerprint density at radius 2 is 2.19 bits per heavy atom. The molecule has 4 nitrogen and oxygen atoms in total. The fourth-order valence-corrected chi connectivity index (χ4v) is 4.57. The second-order valence-electron chi connectivity index (χ2n) is 7.46. The van der Waals surface area contributed by atoms with Gasteiger partial charge in [-0.1, -0.05) is 27.2 Å². The van der Waals surface area contributed by atoms with Gasteiger partial charge in [0.1, 0.15) is 12.2 Å². The zero-order valence-corrected chi connectivity index (χ0v) is 13.8. The highest BCUT2D eigenvalue weighted by atomic mass is 15.3. The van der Waals surface area contributed by atoms with Gasteiger partial charge < -0.3 is 5.32 Å². The van der Waals surface area contributed by atoms with Gasteiger partial charge in [0, 0.05) is 19.0 Å². The van der Waals surface area contributed by atoms with Gasteiger partial charge in [-0.05, 0) is 49.5 Å². The van der Waals surface area contributed by atoms with Gasteiger partial charge in [0.2, 0.25) is 0 Å². The molecule has 0 radical (unpaired) electrons. The lowest BCUT2D eigenvalue weighted by Gasteiger charge is -2.31. The van der Waals surface area contributed by atoms with E-state index >= 15 is 0 Å². The van der Waals surface area contributed by atoms with Gasteiger partial charge in [-0.25, -0.2) is 9.67 Å². The molecular weight excluding hydrogens is 260 g/mol. The number of rotatable bonds is 7. The van der Waals surface area contributed by atoms with E-state index in [1.54, 1.807) is 6.33 Å². The van der Waals surface area contributed by atoms with Crippen LogP contribution in [0.5, 0.6) is 0 Å². The average Bonchev–Trinajstić information content (AvgIpc) is 3.14. The predicted molar refractivity (Wildman–Crippen MR) is 85.0 cm³/mol. The molecule has 1 aromatic rings. The molecule has 1 heterocycles. The third-order valence-corrected chi connectivity index (χ3v) is 5.41. The fourth-order valence-electron chi connectivity index (χ4n) is 4.57. The molecule has 1 aromatic heterocycles. The zero-order chi connectivity index (χ0) is 14.8. The second kappa shape index (κ2) is 6.47. The monoisotopic (exact) mass is 290 g/mol. The van der Waals surface area contributed by atoms with E-state index in [-0.39, 0.29) is 0 Å². The second-order valence-corrected chi connectivity index (χ2v) is 7.46. The molecule has 2 bridgehead atoms. The first-order chi connectivity index (χ1) is 10.2. The lowest BCUT2D eigenvalue weighted by molar-refractivity contribution is 0.244. The van der Waals surface area contributed by atoms with Gasteiger partial charge >= 0.3 is 0 Å². The Hall–Kier alpha value is -0.900. The summed E-state index contributed by atoms with van der Waals surface area (Å²) in [5, 5.41) is 8.17. The molecule has 2 aliphatic rings. The van der Waals surface area contributed by atoms with E-state index in [0.29, 0.717) is 12.0 Å². The molecule has 2 saturated carbocycles. The molecule has 4 heteroatoms. The van der Waals surface area contributed by atoms with Gasteiger partial charge in [0.05, 0.1) is 0 Å². The number of likely N-dealkylation sites (N-methyl/N-ethyl adjacent to an activating group) is 1. The van der Waals surface area contributed by atoms with Crippen LogP contribution >= 0.6 is 0 Å². The van der Waals surface area contributed by atoms with Gasteiger partial charge in [-0.3, -0.25) is 0 Å². The summed E-state index contributed by atoms with van der Waals surface area (Å²) in [5.41, 5.74) is 0. The van der Waals surface area contributed by atoms with Crippen molar-refractivity contribution in [3.05, 3.63) is 12.2 Å². The topological polar surface area (TPSA) is 42.7 Å². The van der Waals surface area contributed by atoms with E-state index in [4.69, 9.17) is 0 Å². The fraction of sp³-hybridized carbons (Fsp3) is 0.882. The largest absolute Gasteiger partial charge is 0.314 e. The van der Waals surface area contributed by atoms with Crippen molar-refractivity contribution in [2.24, 2.45) is 23.7 Å². The molecule has 0 aromatic carbocycles. The Labute approximate surface area is 128 Å². The van der Waals surface area contributed by atoms with Crippen LogP contribution in [0.2, 0.25) is 0 Å². The maximum atomic E-state index is 4.54. The average molecular weight is 290 g/mol. The third-order valence-electron chi connectivity index (χ3n) is 5.41. The van der Waals surface area contributed by atoms with Gasteiger partial charge in [-0.2, -0.15) is 5.10 Å². The molecule has 3 rings (SSSR count). The first-order valence-corrected chi connectivity index (χ1v) is 8.77. The van der Waals surface area contributed by atoms with E-state index < -0.39 is 0 Å². The number of nitrogens with one attached hydrogen (secondary N) is 1. The van der Waals surface area contributed by atoms with Crippen LogP contribution in [0, 0.1) is 23.7 Å². The Bertz CT molecular complexity index is 453. The van der Waals surface area contributed by atoms with Gasteiger partial charge in [-0.15, -0.1) is 0 Å². The summed E-state index contributed by atoms with van der Waals surface area (Å²) < 4.78 is 2.11. The van der Waals surface area contributed by atoms with Crippen molar-refractivity contribution >= 4 is 0 Å². The lowest BCUT2D eigenvalue weighted by Crippen LogP contribution is -2.41. The van der Waals surface area contributed by atoms with Crippen molar-refractivity contribution in [3.8, 4) is 0 Å². The number of hydrogen-bond donors (Lipinski definition) is 1. The highest BCUT2D eigenvalue weighted by Gasteiger charge is 2.43. The molecule has 0 spiro atoms. The van der Waals surface area contributed by atoms with Gasteiger partial charge in [0.15, 0.2) is 0 Å². The summed E-state index contributed by atoms with van der Waals surface area (Å²) in [6.07, 6.45) is 8.60. The number of hydrogen-bond acceptors (Lipinski definition) is 3. The van der Waals surface area contributed by atoms with Crippen LogP contribution < -0.4 is 5.32 Å². The molecule has 4 unspecified atom stereocenters. The molecule has 2 aliphatic carbocycles. The highest BCUT2D eigenvalue weighted by Crippen LogP contribution is 2.49. The summed E-state index contributed by atoms with van der Waals surface area (Å²) in [6, 6.07) is 0.584. The van der Waals surface area contributed by atoms with Crippen LogP contribution in [0.4, 0.5) is 0 Å². The minimum atomic E-state index is 0.584. The normalized spacial score (nSPS) is 29.4. The third kappa shape index (κ3) is 3.31. The first-order valence-electron chi connectivity index (χ1n) is 8.77. The van der Waals surface area contributed by atoms with Crippen LogP contribution in [0.3, 0.4) is 0 Å². The Kier molecular flexibility index (Phi) is 4.63. The molecule has 1 N–H and O–H groups in total. The molecule has 21 heavy (non-hydrogen) atoms. The molecule has 0 saturated heterocycles. The summed E-state index contributed by atoms with van der Waals surface area (Å²) in [4.78, 5) is 4.54. The lowest BCUT2D eigenvalue weighted by atomic mass is 9.82. The van der Waals surface area contributed by atoms with Crippen LogP contribution in [-0.2, 0) is 13.0 Å². The Morgan fingerprint density at radius 1 is 1.33 bits per heavy atom. The van der Waals surface area contributed by atoms with E-state index in [2.05, 4.69) is 40.9 Å². The minimum absolute atomic E-state index is 0.584. The van der Waals surface area contributed by atoms with E-state index in [0.717, 1.165) is 43.1 Å². The van der Waals surface area contributed by atoms with Crippen LogP contribution in [-0.4, -0.2) is 27.4 Å². The summed E-state index contributed by atoms with van der Waals surface area (Å²) in [5.74, 6) is 4.60. The number of fused-ring (bicyclic) bond motifs is 2. The van der Waals surface area contributed by atoms with Crippen molar-refractivity contribution in [2.45, 2.75) is 65.5 Å². The molecule has 4 atom stereocenters. The molecule has 0 aliphatic heterocycles. The number of aromatic nitrogens is 3. The van der Waals surface area contributed by atoms with Gasteiger partial charge in [0.25, 0.3) is 0 Å². The van der Waals surface area contributed by atoms with Crippen LogP contribution in [0.15, 0.2) is 6.33 Å². The van der Waals surface area contributed by atoms with Crippen molar-refractivity contribution in [1.82, 2.24) is 20.1 Å². The highest BCUT2D eigenvalue weighted by molar-refractivity contribution is 4.99. The van der Waals surface area contributed by atoms with E-state index in [9.17, 15) is 0 Å². The predicted octanol–water partition coefficient (Wildman–Crippen LogP) is 2.89. The molecule has 2 fully saturated rings. The first kappa shape index (κ1) is 15.0. The van der Waals surface area contributed by atoms with Crippen molar-refractivity contribution < 1.29 is 0 Å². The van der Waals surface area contributed by atoms with E-state index in [1.807, 2.05) is 0 Å². The zero-order valence-electron chi connectivity index (χ0n) is 13.8. The summed E-state index contributed by atoms with van der Waals surface area (Å²) in [6.45, 7) is 8.73. The smallest absolute Gasteiger partial charge is 0.138 e. The number of nitrogens with zero attached hydrogens (tertiary/aromatic N) is 3. The van der Waals surface area contributed by atoms with Crippen molar-refractivity contribution in [1.29, 1.82) is 0 Å². The van der Waals surface area contributed by atoms with Crippen molar-refractivity contribution in [3.63, 3.8) is 0 Å². The summed E-state index contributed by atoms with van der Waals surface area (Å²) >= 11 is 0. The van der Waals surface area contributed by atoms with Crippen LogP contribution in [0.25, 0.3) is 0 Å². The van der Waals surface area contributed by atoms with Crippen LogP contribution in [0.1, 0.15) is 52.3 Å². The maximum Gasteiger partial charge on any atom is 0.138 e. The minimum Gasteiger partial charge on any atom is -0.314 e.